The summed E-state index contributed by atoms with van der Waals surface area (Å²) in [7, 11) is -3.44. The van der Waals surface area contributed by atoms with E-state index in [9.17, 15) is 39.9 Å². The van der Waals surface area contributed by atoms with Crippen LogP contribution in [0.4, 0.5) is 35.1 Å². The normalized spacial score (nSPS) is 13.5. The fourth-order valence-electron chi connectivity index (χ4n) is 4.71. The van der Waals surface area contributed by atoms with E-state index >= 15 is 0 Å². The minimum Gasteiger partial charge on any atom is -0.493 e. The third-order valence-corrected chi connectivity index (χ3v) is 10.1. The summed E-state index contributed by atoms with van der Waals surface area (Å²) in [5, 5.41) is 0.435. The van der Waals surface area contributed by atoms with Crippen LogP contribution in [0.1, 0.15) is 39.2 Å². The molecule has 0 aliphatic carbocycles. The van der Waals surface area contributed by atoms with Crippen molar-refractivity contribution in [3.8, 4) is 16.9 Å². The molecule has 0 amide bonds. The van der Waals surface area contributed by atoms with Gasteiger partial charge in [0.2, 0.25) is 0 Å². The number of halogens is 8. The van der Waals surface area contributed by atoms with Gasteiger partial charge < -0.3 is 18.0 Å². The summed E-state index contributed by atoms with van der Waals surface area (Å²) in [5.41, 5.74) is 1.14. The van der Waals surface area contributed by atoms with Gasteiger partial charge in [0, 0.05) is 31.1 Å². The fraction of sp³-hybridized carbons (Fsp3) is 0.500. The molecule has 1 heterocycles. The highest BCUT2D eigenvalue weighted by Crippen LogP contribution is 2.55. The first-order valence-electron chi connectivity index (χ1n) is 14.0. The molecule has 0 radical (unpaired) electrons. The SMILES string of the molecule is CCO[Si](C)(CCC(F)(F)C(F)(F)C(F)(F)C(F)(F)CCOc1ccc2cc(-c3ccccc3CC)c(=O)oc2c1)OCC. The van der Waals surface area contributed by atoms with Gasteiger partial charge in [-0.1, -0.05) is 31.2 Å². The van der Waals surface area contributed by atoms with Gasteiger partial charge in [0.25, 0.3) is 0 Å². The van der Waals surface area contributed by atoms with Crippen LogP contribution in [-0.4, -0.2) is 52.1 Å². The molecule has 2 aromatic carbocycles. The first-order valence-corrected chi connectivity index (χ1v) is 16.6. The molecule has 0 spiro atoms. The molecule has 0 N–H and O–H groups in total. The second-order valence-electron chi connectivity index (χ2n) is 10.3. The van der Waals surface area contributed by atoms with Gasteiger partial charge in [0.1, 0.15) is 11.3 Å². The standard InChI is InChI=1S/C30H34F8O5Si/c1-5-20-10-8-9-11-23(20)24-18-21-12-13-22(19-25(21)43-26(24)39)40-16-14-27(31,32)29(35,36)30(37,38)28(33,34)15-17-44(4,41-6-2)42-7-3/h8-13,18-19H,5-7,14-17H2,1-4H3. The lowest BCUT2D eigenvalue weighted by Gasteiger charge is -2.37. The fourth-order valence-corrected chi connectivity index (χ4v) is 7.07. The molecular formula is C30H34F8O5Si. The number of fused-ring (bicyclic) bond motifs is 1. The Hall–Kier alpha value is -2.97. The van der Waals surface area contributed by atoms with E-state index in [-0.39, 0.29) is 30.1 Å². The molecule has 0 aliphatic rings. The van der Waals surface area contributed by atoms with Crippen molar-refractivity contribution in [3.63, 3.8) is 0 Å². The number of hydrogen-bond donors (Lipinski definition) is 0. The first kappa shape index (κ1) is 35.5. The summed E-state index contributed by atoms with van der Waals surface area (Å²) in [6.45, 7) is 4.98. The molecule has 0 saturated heterocycles. The molecule has 0 bridgehead atoms. The lowest BCUT2D eigenvalue weighted by atomic mass is 9.95. The molecule has 0 saturated carbocycles. The smallest absolute Gasteiger partial charge is 0.378 e. The van der Waals surface area contributed by atoms with Crippen LogP contribution in [0.15, 0.2) is 57.7 Å². The van der Waals surface area contributed by atoms with E-state index in [0.717, 1.165) is 11.6 Å². The van der Waals surface area contributed by atoms with Gasteiger partial charge in [-0.15, -0.1) is 0 Å². The van der Waals surface area contributed by atoms with E-state index in [1.165, 1.54) is 32.5 Å². The largest absolute Gasteiger partial charge is 0.493 e. The van der Waals surface area contributed by atoms with Gasteiger partial charge in [-0.05, 0) is 62.2 Å². The Morgan fingerprint density at radius 3 is 1.95 bits per heavy atom. The van der Waals surface area contributed by atoms with Gasteiger partial charge in [-0.2, -0.15) is 35.1 Å². The third kappa shape index (κ3) is 7.28. The van der Waals surface area contributed by atoms with Gasteiger partial charge in [-0.25, -0.2) is 4.79 Å². The summed E-state index contributed by atoms with van der Waals surface area (Å²) in [4.78, 5) is 12.7. The Bertz CT molecular complexity index is 1470. The van der Waals surface area contributed by atoms with Crippen LogP contribution in [0.2, 0.25) is 12.6 Å². The van der Waals surface area contributed by atoms with Crippen molar-refractivity contribution in [2.75, 3.05) is 19.8 Å². The minimum absolute atomic E-state index is 0.00318. The van der Waals surface area contributed by atoms with Crippen LogP contribution < -0.4 is 10.4 Å². The summed E-state index contributed by atoms with van der Waals surface area (Å²) in [6, 6.07) is 11.8. The second kappa shape index (κ2) is 13.6. The number of hydrogen-bond acceptors (Lipinski definition) is 5. The zero-order valence-electron chi connectivity index (χ0n) is 24.6. The Morgan fingerprint density at radius 2 is 1.36 bits per heavy atom. The molecule has 44 heavy (non-hydrogen) atoms. The van der Waals surface area contributed by atoms with Crippen LogP contribution in [-0.2, 0) is 15.3 Å². The van der Waals surface area contributed by atoms with Gasteiger partial charge >= 0.3 is 37.9 Å². The number of aryl methyl sites for hydroxylation is 1. The number of alkyl halides is 8. The van der Waals surface area contributed by atoms with E-state index in [1.54, 1.807) is 18.2 Å². The molecule has 14 heteroatoms. The topological polar surface area (TPSA) is 57.9 Å². The summed E-state index contributed by atoms with van der Waals surface area (Å²) < 4.78 is 137. The zero-order chi connectivity index (χ0) is 33.0. The lowest BCUT2D eigenvalue weighted by molar-refractivity contribution is -0.367. The molecule has 0 aliphatic heterocycles. The van der Waals surface area contributed by atoms with Gasteiger partial charge in [0.15, 0.2) is 0 Å². The molecule has 0 fully saturated rings. The average Bonchev–Trinajstić information content (AvgIpc) is 2.95. The summed E-state index contributed by atoms with van der Waals surface area (Å²) in [5.74, 6) is -24.1. The maximum atomic E-state index is 14.5. The zero-order valence-corrected chi connectivity index (χ0v) is 25.6. The molecule has 244 valence electrons. The quantitative estimate of drug-likeness (QED) is 0.0878. The molecule has 0 unspecified atom stereocenters. The first-order chi connectivity index (χ1) is 20.4. The van der Waals surface area contributed by atoms with Gasteiger partial charge in [-0.3, -0.25) is 0 Å². The van der Waals surface area contributed by atoms with Crippen molar-refractivity contribution in [1.82, 2.24) is 0 Å². The van der Waals surface area contributed by atoms with Crippen molar-refractivity contribution < 1.29 is 53.1 Å². The predicted molar refractivity (Wildman–Crippen MR) is 151 cm³/mol. The van der Waals surface area contributed by atoms with Crippen molar-refractivity contribution in [1.29, 1.82) is 0 Å². The number of benzene rings is 2. The molecule has 3 rings (SSSR count). The molecule has 5 nitrogen and oxygen atoms in total. The highest BCUT2D eigenvalue weighted by Gasteiger charge is 2.79. The Kier molecular flexibility index (Phi) is 11.0. The Morgan fingerprint density at radius 1 is 0.773 bits per heavy atom. The van der Waals surface area contributed by atoms with Crippen molar-refractivity contribution in [2.45, 2.75) is 76.3 Å². The van der Waals surface area contributed by atoms with E-state index in [1.807, 2.05) is 19.1 Å². The molecular weight excluding hydrogens is 620 g/mol. The van der Waals surface area contributed by atoms with Crippen molar-refractivity contribution >= 4 is 19.5 Å². The molecule has 0 atom stereocenters. The van der Waals surface area contributed by atoms with E-state index in [0.29, 0.717) is 17.4 Å². The third-order valence-electron chi connectivity index (χ3n) is 7.19. The van der Waals surface area contributed by atoms with Crippen LogP contribution in [0.5, 0.6) is 5.75 Å². The summed E-state index contributed by atoms with van der Waals surface area (Å²) in [6.07, 6.45) is -3.21. The van der Waals surface area contributed by atoms with E-state index in [2.05, 4.69) is 0 Å². The van der Waals surface area contributed by atoms with Crippen LogP contribution in [0.25, 0.3) is 22.1 Å². The van der Waals surface area contributed by atoms with E-state index in [4.69, 9.17) is 18.0 Å². The molecule has 1 aromatic heterocycles. The molecule has 3 aromatic rings. The highest BCUT2D eigenvalue weighted by molar-refractivity contribution is 6.66. The number of rotatable bonds is 16. The second-order valence-corrected chi connectivity index (χ2v) is 13.7. The Labute approximate surface area is 250 Å². The van der Waals surface area contributed by atoms with Crippen LogP contribution in [0.3, 0.4) is 0 Å². The van der Waals surface area contributed by atoms with Gasteiger partial charge in [0.05, 0.1) is 18.6 Å². The Balaban J connectivity index is 1.73. The lowest BCUT2D eigenvalue weighted by Crippen LogP contribution is -2.62. The van der Waals surface area contributed by atoms with E-state index < -0.39 is 63.4 Å². The average molecular weight is 655 g/mol. The summed E-state index contributed by atoms with van der Waals surface area (Å²) >= 11 is 0. The maximum Gasteiger partial charge on any atom is 0.378 e. The van der Waals surface area contributed by atoms with Crippen LogP contribution in [0, 0.1) is 0 Å². The highest BCUT2D eigenvalue weighted by atomic mass is 28.4. The minimum atomic E-state index is -6.43. The van der Waals surface area contributed by atoms with Crippen molar-refractivity contribution in [2.24, 2.45) is 0 Å². The monoisotopic (exact) mass is 654 g/mol. The van der Waals surface area contributed by atoms with Crippen LogP contribution >= 0.6 is 0 Å². The number of ether oxygens (including phenoxy) is 1. The predicted octanol–water partition coefficient (Wildman–Crippen LogP) is 8.87. The van der Waals surface area contributed by atoms with Crippen molar-refractivity contribution in [3.05, 3.63) is 64.5 Å². The maximum absolute atomic E-state index is 14.5.